The van der Waals surface area contributed by atoms with Crippen molar-refractivity contribution in [3.63, 3.8) is 0 Å². The Morgan fingerprint density at radius 2 is 1.95 bits per heavy atom. The molecule has 0 saturated carbocycles. The number of tetrazole rings is 1. The highest BCUT2D eigenvalue weighted by atomic mass is 19.1. The van der Waals surface area contributed by atoms with Crippen molar-refractivity contribution in [1.29, 1.82) is 0 Å². The van der Waals surface area contributed by atoms with Gasteiger partial charge in [0.15, 0.2) is 11.5 Å². The van der Waals surface area contributed by atoms with E-state index in [9.17, 15) is 14.0 Å². The zero-order valence-electron chi connectivity index (χ0n) is 24.1. The van der Waals surface area contributed by atoms with Crippen LogP contribution in [-0.2, 0) is 25.6 Å². The molecule has 0 spiro atoms. The maximum absolute atomic E-state index is 13.8. The van der Waals surface area contributed by atoms with E-state index in [1.807, 2.05) is 6.92 Å². The fourth-order valence-electron chi connectivity index (χ4n) is 4.73. The Labute approximate surface area is 244 Å². The first-order valence-corrected chi connectivity index (χ1v) is 14.0. The molecule has 2 atom stereocenters. The van der Waals surface area contributed by atoms with Crippen LogP contribution >= 0.6 is 0 Å². The number of rotatable bonds is 15. The summed E-state index contributed by atoms with van der Waals surface area (Å²) in [4.78, 5) is 30.0. The number of halogens is 1. The first-order chi connectivity index (χ1) is 20.4. The summed E-state index contributed by atoms with van der Waals surface area (Å²) in [6.45, 7) is 3.72. The van der Waals surface area contributed by atoms with E-state index in [0.717, 1.165) is 12.8 Å². The van der Waals surface area contributed by atoms with Gasteiger partial charge in [-0.3, -0.25) is 9.59 Å². The van der Waals surface area contributed by atoms with Gasteiger partial charge in [0.2, 0.25) is 17.6 Å². The lowest BCUT2D eigenvalue weighted by Gasteiger charge is -2.31. The first-order valence-electron chi connectivity index (χ1n) is 14.0. The van der Waals surface area contributed by atoms with Crippen molar-refractivity contribution in [3.05, 3.63) is 53.8 Å². The Morgan fingerprint density at radius 3 is 2.64 bits per heavy atom. The lowest BCUT2D eigenvalue weighted by atomic mass is 10.0. The lowest BCUT2D eigenvalue weighted by Crippen LogP contribution is -2.47. The highest BCUT2D eigenvalue weighted by Gasteiger charge is 2.32. The average Bonchev–Trinajstić information content (AvgIpc) is 3.70. The monoisotopic (exact) mass is 584 g/mol. The number of carbonyl (C=O) groups is 2. The standard InChI is InChI=1S/C29H37FN6O6/c1-4-41-15-6-14-35(27(20-8-11-22(30)12-9-20)29(38)31-18-23-7-5-16-42-23)26(37)19-36-33-28(32-34-36)21-10-13-24(39-2)25(17-21)40-3/h8-13,17,23,27H,4-7,14-16,18-19H2,1-3H3,(H,31,38)/t23-,27+/m0/s1. The Balaban J connectivity index is 1.57. The maximum Gasteiger partial charge on any atom is 0.247 e. The van der Waals surface area contributed by atoms with Crippen LogP contribution in [0.1, 0.15) is 37.8 Å². The van der Waals surface area contributed by atoms with Crippen molar-refractivity contribution in [2.45, 2.75) is 44.9 Å². The van der Waals surface area contributed by atoms with E-state index in [4.69, 9.17) is 18.9 Å². The minimum atomic E-state index is -1.02. The van der Waals surface area contributed by atoms with Crippen LogP contribution in [0.25, 0.3) is 11.4 Å². The summed E-state index contributed by atoms with van der Waals surface area (Å²) in [6.07, 6.45) is 2.18. The molecule has 1 N–H and O–H groups in total. The molecule has 3 aromatic rings. The molecule has 4 rings (SSSR count). The third kappa shape index (κ3) is 8.01. The highest BCUT2D eigenvalue weighted by Crippen LogP contribution is 2.31. The van der Waals surface area contributed by atoms with E-state index < -0.39 is 17.8 Å². The van der Waals surface area contributed by atoms with Crippen LogP contribution in [0.2, 0.25) is 0 Å². The molecule has 2 aromatic carbocycles. The van der Waals surface area contributed by atoms with Crippen LogP contribution in [0, 0.1) is 5.82 Å². The maximum atomic E-state index is 13.8. The summed E-state index contributed by atoms with van der Waals surface area (Å²) < 4.78 is 35.6. The molecule has 1 aliphatic rings. The van der Waals surface area contributed by atoms with Crippen LogP contribution in [0.4, 0.5) is 4.39 Å². The molecule has 0 aliphatic carbocycles. The number of methoxy groups -OCH3 is 2. The predicted octanol–water partition coefficient (Wildman–Crippen LogP) is 2.79. The number of ether oxygens (including phenoxy) is 4. The molecule has 13 heteroatoms. The molecule has 12 nitrogen and oxygen atoms in total. The van der Waals surface area contributed by atoms with Gasteiger partial charge in [-0.1, -0.05) is 12.1 Å². The molecule has 0 bridgehead atoms. The van der Waals surface area contributed by atoms with Crippen LogP contribution in [0.5, 0.6) is 11.5 Å². The Bertz CT molecular complexity index is 1310. The average molecular weight is 585 g/mol. The molecular weight excluding hydrogens is 547 g/mol. The van der Waals surface area contributed by atoms with E-state index in [0.29, 0.717) is 55.4 Å². The second-order valence-electron chi connectivity index (χ2n) is 9.69. The zero-order valence-corrected chi connectivity index (χ0v) is 24.1. The van der Waals surface area contributed by atoms with Gasteiger partial charge in [-0.25, -0.2) is 4.39 Å². The van der Waals surface area contributed by atoms with Crippen molar-refractivity contribution in [2.75, 3.05) is 47.1 Å². The van der Waals surface area contributed by atoms with Gasteiger partial charge in [-0.05, 0) is 67.3 Å². The second kappa shape index (κ2) is 15.2. The molecule has 1 aromatic heterocycles. The van der Waals surface area contributed by atoms with Crippen LogP contribution in [0.3, 0.4) is 0 Å². The number of benzene rings is 2. The minimum Gasteiger partial charge on any atom is -0.493 e. The summed E-state index contributed by atoms with van der Waals surface area (Å²) in [6, 6.07) is 9.74. The van der Waals surface area contributed by atoms with Gasteiger partial charge >= 0.3 is 0 Å². The van der Waals surface area contributed by atoms with Crippen LogP contribution in [0.15, 0.2) is 42.5 Å². The van der Waals surface area contributed by atoms with Gasteiger partial charge in [0.05, 0.1) is 20.3 Å². The number of aromatic nitrogens is 4. The van der Waals surface area contributed by atoms with Gasteiger partial charge < -0.3 is 29.2 Å². The third-order valence-electron chi connectivity index (χ3n) is 6.86. The molecule has 2 amide bonds. The van der Waals surface area contributed by atoms with Gasteiger partial charge in [0.25, 0.3) is 0 Å². The van der Waals surface area contributed by atoms with Crippen molar-refractivity contribution in [3.8, 4) is 22.9 Å². The number of amides is 2. The zero-order chi connectivity index (χ0) is 29.9. The topological polar surface area (TPSA) is 130 Å². The lowest BCUT2D eigenvalue weighted by molar-refractivity contribution is -0.142. The van der Waals surface area contributed by atoms with Gasteiger partial charge in [0, 0.05) is 38.5 Å². The molecule has 42 heavy (non-hydrogen) atoms. The van der Waals surface area contributed by atoms with E-state index in [1.54, 1.807) is 25.3 Å². The molecular formula is C29H37FN6O6. The Kier molecular flexibility index (Phi) is 11.2. The quantitative estimate of drug-likeness (QED) is 0.268. The number of hydrogen-bond donors (Lipinski definition) is 1. The summed E-state index contributed by atoms with van der Waals surface area (Å²) in [5, 5.41) is 15.5. The van der Waals surface area contributed by atoms with E-state index in [-0.39, 0.29) is 30.9 Å². The molecule has 0 unspecified atom stereocenters. The summed E-state index contributed by atoms with van der Waals surface area (Å²) in [5.74, 6) is 0.0935. The number of hydrogen-bond acceptors (Lipinski definition) is 9. The highest BCUT2D eigenvalue weighted by molar-refractivity contribution is 5.88. The van der Waals surface area contributed by atoms with Crippen molar-refractivity contribution >= 4 is 11.8 Å². The minimum absolute atomic E-state index is 0.0840. The normalized spacial score (nSPS) is 15.3. The second-order valence-corrected chi connectivity index (χ2v) is 9.69. The molecule has 0 radical (unpaired) electrons. The van der Waals surface area contributed by atoms with Crippen molar-refractivity contribution in [2.24, 2.45) is 0 Å². The molecule has 2 heterocycles. The van der Waals surface area contributed by atoms with Crippen LogP contribution < -0.4 is 14.8 Å². The summed E-state index contributed by atoms with van der Waals surface area (Å²) >= 11 is 0. The van der Waals surface area contributed by atoms with Crippen LogP contribution in [-0.4, -0.2) is 90.2 Å². The van der Waals surface area contributed by atoms with E-state index in [2.05, 4.69) is 20.7 Å². The fraction of sp³-hybridized carbons (Fsp3) is 0.483. The van der Waals surface area contributed by atoms with Crippen molar-refractivity contribution in [1.82, 2.24) is 30.4 Å². The predicted molar refractivity (Wildman–Crippen MR) is 150 cm³/mol. The first kappa shape index (κ1) is 30.8. The smallest absolute Gasteiger partial charge is 0.247 e. The fourth-order valence-corrected chi connectivity index (χ4v) is 4.73. The van der Waals surface area contributed by atoms with E-state index in [1.165, 1.54) is 41.1 Å². The van der Waals surface area contributed by atoms with Crippen molar-refractivity contribution < 1.29 is 32.9 Å². The molecule has 226 valence electrons. The molecule has 1 fully saturated rings. The number of carbonyl (C=O) groups excluding carboxylic acids is 2. The third-order valence-corrected chi connectivity index (χ3v) is 6.86. The largest absolute Gasteiger partial charge is 0.493 e. The Morgan fingerprint density at radius 1 is 1.17 bits per heavy atom. The summed E-state index contributed by atoms with van der Waals surface area (Å²) in [5.41, 5.74) is 1.10. The number of nitrogens with zero attached hydrogens (tertiary/aromatic N) is 5. The summed E-state index contributed by atoms with van der Waals surface area (Å²) in [7, 11) is 3.07. The van der Waals surface area contributed by atoms with Gasteiger partial charge in [0.1, 0.15) is 18.4 Å². The van der Waals surface area contributed by atoms with Gasteiger partial charge in [-0.15, -0.1) is 10.2 Å². The molecule has 1 aliphatic heterocycles. The van der Waals surface area contributed by atoms with E-state index >= 15 is 0 Å². The number of nitrogens with one attached hydrogen (secondary N) is 1. The SMILES string of the molecule is CCOCCCN(C(=O)Cn1nnc(-c2ccc(OC)c(OC)c2)n1)[C@@H](C(=O)NC[C@@H]1CCCO1)c1ccc(F)cc1. The van der Waals surface area contributed by atoms with Gasteiger partial charge in [-0.2, -0.15) is 4.80 Å². The molecule has 1 saturated heterocycles. The Hall–Kier alpha value is -4.10.